The molecule has 6 heteroatoms. The topological polar surface area (TPSA) is 59.1 Å². The van der Waals surface area contributed by atoms with Crippen molar-refractivity contribution < 1.29 is 8.42 Å². The number of thiazole rings is 1. The molecule has 0 atom stereocenters. The Kier molecular flexibility index (Phi) is 2.83. The molecule has 1 N–H and O–H groups in total. The number of hydrogen-bond acceptors (Lipinski definition) is 4. The lowest BCUT2D eigenvalue weighted by Crippen LogP contribution is -2.12. The fraction of sp³-hybridized carbons (Fsp3) is 0.250. The van der Waals surface area contributed by atoms with Gasteiger partial charge in [0.2, 0.25) is 0 Å². The first-order valence-corrected chi connectivity index (χ1v) is 8.05. The highest BCUT2D eigenvalue weighted by atomic mass is 32.2. The Morgan fingerprint density at radius 1 is 1.22 bits per heavy atom. The highest BCUT2D eigenvalue weighted by Gasteiger charge is 2.26. The molecule has 0 aliphatic heterocycles. The van der Waals surface area contributed by atoms with Gasteiger partial charge in [-0.3, -0.25) is 4.72 Å². The summed E-state index contributed by atoms with van der Waals surface area (Å²) in [5.41, 5.74) is 1.01. The highest BCUT2D eigenvalue weighted by molar-refractivity contribution is 7.93. The van der Waals surface area contributed by atoms with Crippen LogP contribution in [0.15, 0.2) is 40.6 Å². The number of benzene rings is 1. The molecule has 1 fully saturated rings. The SMILES string of the molecule is O=S(=O)(Nc1nc(C2CC2)cs1)c1ccccc1. The van der Waals surface area contributed by atoms with Crippen LogP contribution in [-0.4, -0.2) is 13.4 Å². The standard InChI is InChI=1S/C12H12N2O2S2/c15-18(16,10-4-2-1-3-5-10)14-12-13-11(8-17-12)9-6-7-9/h1-5,8-9H,6-7H2,(H,13,14). The normalized spacial score (nSPS) is 15.6. The maximum atomic E-state index is 12.1. The summed E-state index contributed by atoms with van der Waals surface area (Å²) in [6.07, 6.45) is 2.32. The zero-order valence-electron chi connectivity index (χ0n) is 9.54. The van der Waals surface area contributed by atoms with E-state index >= 15 is 0 Å². The Bertz CT molecular complexity index is 646. The van der Waals surface area contributed by atoms with Crippen LogP contribution in [0.4, 0.5) is 5.13 Å². The first-order chi connectivity index (χ1) is 8.65. The van der Waals surface area contributed by atoms with Gasteiger partial charge in [0.1, 0.15) is 0 Å². The predicted molar refractivity (Wildman–Crippen MR) is 71.3 cm³/mol. The summed E-state index contributed by atoms with van der Waals surface area (Å²) >= 11 is 1.34. The zero-order chi connectivity index (χ0) is 12.6. The van der Waals surface area contributed by atoms with Crippen LogP contribution in [0, 0.1) is 0 Å². The Labute approximate surface area is 110 Å². The van der Waals surface area contributed by atoms with Gasteiger partial charge in [-0.25, -0.2) is 13.4 Å². The molecule has 0 unspecified atom stereocenters. The summed E-state index contributed by atoms with van der Waals surface area (Å²) in [5.74, 6) is 0.538. The Hall–Kier alpha value is -1.40. The molecule has 0 radical (unpaired) electrons. The largest absolute Gasteiger partial charge is 0.263 e. The minimum atomic E-state index is -3.51. The summed E-state index contributed by atoms with van der Waals surface area (Å²) in [6, 6.07) is 8.32. The summed E-state index contributed by atoms with van der Waals surface area (Å²) in [6.45, 7) is 0. The molecule has 0 spiro atoms. The molecule has 1 aliphatic carbocycles. The number of anilines is 1. The summed E-state index contributed by atoms with van der Waals surface area (Å²) in [4.78, 5) is 4.57. The second-order valence-electron chi connectivity index (χ2n) is 4.27. The van der Waals surface area contributed by atoms with Crippen molar-refractivity contribution in [3.05, 3.63) is 41.4 Å². The van der Waals surface area contributed by atoms with Crippen LogP contribution in [0.3, 0.4) is 0 Å². The Balaban J connectivity index is 1.82. The molecule has 1 heterocycles. The van der Waals surface area contributed by atoms with Crippen molar-refractivity contribution in [1.82, 2.24) is 4.98 Å². The predicted octanol–water partition coefficient (Wildman–Crippen LogP) is 2.82. The van der Waals surface area contributed by atoms with E-state index in [1.165, 1.54) is 11.3 Å². The van der Waals surface area contributed by atoms with E-state index in [1.807, 2.05) is 5.38 Å². The quantitative estimate of drug-likeness (QED) is 0.937. The van der Waals surface area contributed by atoms with Crippen molar-refractivity contribution in [1.29, 1.82) is 0 Å². The molecular formula is C12H12N2O2S2. The van der Waals surface area contributed by atoms with Gasteiger partial charge in [0.25, 0.3) is 10.0 Å². The number of aromatic nitrogens is 1. The van der Waals surface area contributed by atoms with E-state index in [9.17, 15) is 8.42 Å². The first-order valence-electron chi connectivity index (χ1n) is 5.68. The Morgan fingerprint density at radius 2 is 1.94 bits per heavy atom. The van der Waals surface area contributed by atoms with Crippen molar-refractivity contribution in [2.45, 2.75) is 23.7 Å². The van der Waals surface area contributed by atoms with Crippen LogP contribution in [0.2, 0.25) is 0 Å². The first kappa shape index (κ1) is 11.7. The molecule has 3 rings (SSSR count). The highest BCUT2D eigenvalue weighted by Crippen LogP contribution is 2.41. The average molecular weight is 280 g/mol. The van der Waals surface area contributed by atoms with E-state index < -0.39 is 10.0 Å². The maximum Gasteiger partial charge on any atom is 0.263 e. The van der Waals surface area contributed by atoms with Gasteiger partial charge < -0.3 is 0 Å². The van der Waals surface area contributed by atoms with Gasteiger partial charge in [-0.1, -0.05) is 18.2 Å². The molecule has 18 heavy (non-hydrogen) atoms. The van der Waals surface area contributed by atoms with Gasteiger partial charge in [0.15, 0.2) is 5.13 Å². The number of rotatable bonds is 4. The van der Waals surface area contributed by atoms with Crippen molar-refractivity contribution in [2.75, 3.05) is 4.72 Å². The van der Waals surface area contributed by atoms with E-state index in [2.05, 4.69) is 9.71 Å². The van der Waals surface area contributed by atoms with E-state index in [-0.39, 0.29) is 4.90 Å². The lowest BCUT2D eigenvalue weighted by molar-refractivity contribution is 0.601. The molecule has 0 bridgehead atoms. The minimum absolute atomic E-state index is 0.258. The van der Waals surface area contributed by atoms with Gasteiger partial charge in [0, 0.05) is 11.3 Å². The molecular weight excluding hydrogens is 268 g/mol. The average Bonchev–Trinajstić information content (AvgIpc) is 3.12. The lowest BCUT2D eigenvalue weighted by Gasteiger charge is -2.04. The van der Waals surface area contributed by atoms with Crippen molar-refractivity contribution in [2.24, 2.45) is 0 Å². The monoisotopic (exact) mass is 280 g/mol. The molecule has 0 amide bonds. The van der Waals surface area contributed by atoms with Crippen LogP contribution < -0.4 is 4.72 Å². The van der Waals surface area contributed by atoms with Crippen molar-refractivity contribution in [3.8, 4) is 0 Å². The second-order valence-corrected chi connectivity index (χ2v) is 6.81. The molecule has 4 nitrogen and oxygen atoms in total. The third kappa shape index (κ3) is 2.39. The zero-order valence-corrected chi connectivity index (χ0v) is 11.2. The molecule has 1 saturated carbocycles. The van der Waals surface area contributed by atoms with Gasteiger partial charge >= 0.3 is 0 Å². The summed E-state index contributed by atoms with van der Waals surface area (Å²) in [5, 5.41) is 2.38. The van der Waals surface area contributed by atoms with Crippen LogP contribution >= 0.6 is 11.3 Å². The number of nitrogens with one attached hydrogen (secondary N) is 1. The number of nitrogens with zero attached hydrogens (tertiary/aromatic N) is 1. The van der Waals surface area contributed by atoms with Gasteiger partial charge in [-0.15, -0.1) is 11.3 Å². The van der Waals surface area contributed by atoms with Gasteiger partial charge in [-0.05, 0) is 25.0 Å². The molecule has 0 saturated heterocycles. The molecule has 94 valence electrons. The lowest BCUT2D eigenvalue weighted by atomic mass is 10.3. The second kappa shape index (κ2) is 4.37. The summed E-state index contributed by atoms with van der Waals surface area (Å²) in [7, 11) is -3.51. The smallest absolute Gasteiger partial charge is 0.255 e. The van der Waals surface area contributed by atoms with Crippen LogP contribution in [0.5, 0.6) is 0 Å². The molecule has 1 aliphatic rings. The van der Waals surface area contributed by atoms with Crippen LogP contribution in [-0.2, 0) is 10.0 Å². The third-order valence-electron chi connectivity index (χ3n) is 2.79. The van der Waals surface area contributed by atoms with Crippen molar-refractivity contribution in [3.63, 3.8) is 0 Å². The minimum Gasteiger partial charge on any atom is -0.255 e. The van der Waals surface area contributed by atoms with Gasteiger partial charge in [0.05, 0.1) is 10.6 Å². The van der Waals surface area contributed by atoms with E-state index in [1.54, 1.807) is 30.3 Å². The van der Waals surface area contributed by atoms with E-state index in [4.69, 9.17) is 0 Å². The Morgan fingerprint density at radius 3 is 2.61 bits per heavy atom. The third-order valence-corrected chi connectivity index (χ3v) is 5.05. The maximum absolute atomic E-state index is 12.1. The van der Waals surface area contributed by atoms with Gasteiger partial charge in [-0.2, -0.15) is 0 Å². The molecule has 2 aromatic rings. The fourth-order valence-electron chi connectivity index (χ4n) is 1.67. The fourth-order valence-corrected chi connectivity index (χ4v) is 3.74. The summed E-state index contributed by atoms with van der Waals surface area (Å²) < 4.78 is 26.6. The van der Waals surface area contributed by atoms with Crippen LogP contribution in [0.25, 0.3) is 0 Å². The molecule has 1 aromatic heterocycles. The number of hydrogen-bond donors (Lipinski definition) is 1. The molecule has 1 aromatic carbocycles. The van der Waals surface area contributed by atoms with Crippen LogP contribution in [0.1, 0.15) is 24.5 Å². The van der Waals surface area contributed by atoms with E-state index in [0.29, 0.717) is 11.0 Å². The van der Waals surface area contributed by atoms with E-state index in [0.717, 1.165) is 18.5 Å². The van der Waals surface area contributed by atoms with Crippen molar-refractivity contribution >= 4 is 26.5 Å². The number of sulfonamides is 1.